The van der Waals surface area contributed by atoms with Crippen LogP contribution in [-0.4, -0.2) is 28.9 Å². The fourth-order valence-corrected chi connectivity index (χ4v) is 1.84. The van der Waals surface area contributed by atoms with Crippen LogP contribution in [0.3, 0.4) is 0 Å². The van der Waals surface area contributed by atoms with Crippen molar-refractivity contribution in [2.75, 3.05) is 7.11 Å². The van der Waals surface area contributed by atoms with Gasteiger partial charge in [-0.2, -0.15) is 0 Å². The Labute approximate surface area is 108 Å². The Hall–Kier alpha value is -2.50. The van der Waals surface area contributed by atoms with Crippen LogP contribution in [0.2, 0.25) is 0 Å². The highest BCUT2D eigenvalue weighted by atomic mass is 16.5. The molecule has 6 nitrogen and oxygen atoms in total. The van der Waals surface area contributed by atoms with Gasteiger partial charge in [-0.15, -0.1) is 0 Å². The van der Waals surface area contributed by atoms with Crippen molar-refractivity contribution >= 4 is 23.3 Å². The van der Waals surface area contributed by atoms with E-state index in [9.17, 15) is 14.4 Å². The number of methoxy groups -OCH3 is 1. The van der Waals surface area contributed by atoms with Gasteiger partial charge >= 0.3 is 5.97 Å². The van der Waals surface area contributed by atoms with Gasteiger partial charge in [-0.3, -0.25) is 9.59 Å². The maximum Gasteiger partial charge on any atom is 0.343 e. The first-order valence-corrected chi connectivity index (χ1v) is 5.70. The van der Waals surface area contributed by atoms with Crippen LogP contribution in [0.25, 0.3) is 11.0 Å². The van der Waals surface area contributed by atoms with E-state index >= 15 is 0 Å². The number of hydrogen-bond acceptors (Lipinski definition) is 5. The fraction of sp³-hybridized carbons (Fsp3) is 0.231. The number of pyridine rings is 2. The smallest absolute Gasteiger partial charge is 0.343 e. The number of esters is 1. The van der Waals surface area contributed by atoms with Crippen LogP contribution in [0.4, 0.5) is 0 Å². The van der Waals surface area contributed by atoms with Crippen LogP contribution in [0.15, 0.2) is 23.1 Å². The highest BCUT2D eigenvalue weighted by Crippen LogP contribution is 2.11. The van der Waals surface area contributed by atoms with Gasteiger partial charge in [0.25, 0.3) is 0 Å². The molecule has 0 atom stereocenters. The number of carbonyl (C=O) groups is 2. The molecule has 19 heavy (non-hydrogen) atoms. The summed E-state index contributed by atoms with van der Waals surface area (Å²) < 4.78 is 6.22. The van der Waals surface area contributed by atoms with E-state index in [1.807, 2.05) is 6.92 Å². The third-order valence-electron chi connectivity index (χ3n) is 2.81. The second-order valence-electron chi connectivity index (χ2n) is 3.87. The van der Waals surface area contributed by atoms with Gasteiger partial charge in [-0.05, 0) is 19.1 Å². The zero-order chi connectivity index (χ0) is 14.0. The van der Waals surface area contributed by atoms with E-state index in [2.05, 4.69) is 9.72 Å². The van der Waals surface area contributed by atoms with Crippen molar-refractivity contribution in [3.8, 4) is 0 Å². The van der Waals surface area contributed by atoms with Crippen LogP contribution in [0.5, 0.6) is 0 Å². The molecule has 2 aromatic rings. The predicted octanol–water partition coefficient (Wildman–Crippen LogP) is 1.02. The Balaban J connectivity index is 2.86. The molecule has 0 aliphatic heterocycles. The van der Waals surface area contributed by atoms with E-state index in [0.29, 0.717) is 18.5 Å². The molecule has 2 aromatic heterocycles. The molecule has 0 saturated carbocycles. The Morgan fingerprint density at radius 3 is 2.79 bits per heavy atom. The summed E-state index contributed by atoms with van der Waals surface area (Å²) in [6.07, 6.45) is 2.01. The lowest BCUT2D eigenvalue weighted by Crippen LogP contribution is -2.20. The third kappa shape index (κ3) is 2.12. The van der Waals surface area contributed by atoms with Crippen molar-refractivity contribution in [2.24, 2.45) is 0 Å². The van der Waals surface area contributed by atoms with Crippen molar-refractivity contribution in [1.29, 1.82) is 0 Å². The molecule has 0 N–H and O–H groups in total. The molecule has 0 aromatic carbocycles. The zero-order valence-electron chi connectivity index (χ0n) is 10.5. The maximum absolute atomic E-state index is 12.2. The summed E-state index contributed by atoms with van der Waals surface area (Å²) in [6, 6.07) is 2.94. The summed E-state index contributed by atoms with van der Waals surface area (Å²) in [5.41, 5.74) is 0.124. The molecule has 0 unspecified atom stereocenters. The van der Waals surface area contributed by atoms with Crippen molar-refractivity contribution in [3.63, 3.8) is 0 Å². The van der Waals surface area contributed by atoms with Crippen molar-refractivity contribution in [2.45, 2.75) is 13.5 Å². The third-order valence-corrected chi connectivity index (χ3v) is 2.81. The Morgan fingerprint density at radius 1 is 1.47 bits per heavy atom. The largest absolute Gasteiger partial charge is 0.465 e. The van der Waals surface area contributed by atoms with Crippen LogP contribution in [0.1, 0.15) is 27.8 Å². The fourth-order valence-electron chi connectivity index (χ4n) is 1.84. The van der Waals surface area contributed by atoms with E-state index < -0.39 is 11.4 Å². The first-order chi connectivity index (χ1) is 9.12. The molecule has 0 bridgehead atoms. The van der Waals surface area contributed by atoms with Gasteiger partial charge in [0.2, 0.25) is 5.43 Å². The lowest BCUT2D eigenvalue weighted by Gasteiger charge is -2.09. The number of nitrogens with zero attached hydrogens (tertiary/aromatic N) is 2. The molecule has 98 valence electrons. The van der Waals surface area contributed by atoms with E-state index in [-0.39, 0.29) is 16.6 Å². The lowest BCUT2D eigenvalue weighted by molar-refractivity contribution is 0.0598. The summed E-state index contributed by atoms with van der Waals surface area (Å²) in [5, 5.41) is 0.287. The lowest BCUT2D eigenvalue weighted by atomic mass is 10.2. The molecule has 0 amide bonds. The SMILES string of the molecule is CCn1cc(C(=O)OC)c(=O)c2ccc(C=O)nc21. The van der Waals surface area contributed by atoms with Crippen molar-refractivity contribution in [1.82, 2.24) is 9.55 Å². The molecule has 2 heterocycles. The van der Waals surface area contributed by atoms with E-state index in [1.54, 1.807) is 4.57 Å². The number of aryl methyl sites for hydroxylation is 1. The van der Waals surface area contributed by atoms with Gasteiger partial charge in [-0.25, -0.2) is 9.78 Å². The monoisotopic (exact) mass is 260 g/mol. The molecule has 0 saturated heterocycles. The molecule has 0 fully saturated rings. The molecule has 2 rings (SSSR count). The average molecular weight is 260 g/mol. The van der Waals surface area contributed by atoms with E-state index in [0.717, 1.165) is 0 Å². The van der Waals surface area contributed by atoms with Crippen LogP contribution >= 0.6 is 0 Å². The Morgan fingerprint density at radius 2 is 2.21 bits per heavy atom. The molecular formula is C13H12N2O4. The van der Waals surface area contributed by atoms with E-state index in [1.165, 1.54) is 25.4 Å². The van der Waals surface area contributed by atoms with Gasteiger partial charge in [0, 0.05) is 12.7 Å². The van der Waals surface area contributed by atoms with Crippen LogP contribution in [0, 0.1) is 0 Å². The zero-order valence-corrected chi connectivity index (χ0v) is 10.5. The number of fused-ring (bicyclic) bond motifs is 1. The summed E-state index contributed by atoms with van der Waals surface area (Å²) in [5.74, 6) is -0.687. The standard InChI is InChI=1S/C13H12N2O4/c1-3-15-6-10(13(18)19-2)11(17)9-5-4-8(7-16)14-12(9)15/h4-7H,3H2,1-2H3. The molecule has 0 aliphatic rings. The quantitative estimate of drug-likeness (QED) is 0.608. The van der Waals surface area contributed by atoms with Gasteiger partial charge in [0.15, 0.2) is 6.29 Å². The number of rotatable bonds is 3. The molecular weight excluding hydrogens is 248 g/mol. The number of carbonyl (C=O) groups excluding carboxylic acids is 2. The highest BCUT2D eigenvalue weighted by molar-refractivity contribution is 5.93. The topological polar surface area (TPSA) is 78.3 Å². The summed E-state index contributed by atoms with van der Waals surface area (Å²) in [6.45, 7) is 2.36. The number of ether oxygens (including phenoxy) is 1. The summed E-state index contributed by atoms with van der Waals surface area (Å²) in [4.78, 5) is 38.5. The minimum absolute atomic E-state index is 0.0440. The minimum Gasteiger partial charge on any atom is -0.465 e. The van der Waals surface area contributed by atoms with Gasteiger partial charge in [0.1, 0.15) is 16.9 Å². The number of aldehydes is 1. The van der Waals surface area contributed by atoms with Gasteiger partial charge in [0.05, 0.1) is 12.5 Å². The van der Waals surface area contributed by atoms with Gasteiger partial charge < -0.3 is 9.30 Å². The minimum atomic E-state index is -0.687. The summed E-state index contributed by atoms with van der Waals surface area (Å²) in [7, 11) is 1.22. The maximum atomic E-state index is 12.2. The first kappa shape index (κ1) is 12.9. The average Bonchev–Trinajstić information content (AvgIpc) is 2.46. The van der Waals surface area contributed by atoms with E-state index in [4.69, 9.17) is 0 Å². The normalized spacial score (nSPS) is 10.4. The van der Waals surface area contributed by atoms with Crippen molar-refractivity contribution in [3.05, 3.63) is 39.8 Å². The number of hydrogen-bond donors (Lipinski definition) is 0. The second-order valence-corrected chi connectivity index (χ2v) is 3.87. The van der Waals surface area contributed by atoms with Crippen LogP contribution in [-0.2, 0) is 11.3 Å². The van der Waals surface area contributed by atoms with Gasteiger partial charge in [-0.1, -0.05) is 0 Å². The van der Waals surface area contributed by atoms with Crippen LogP contribution < -0.4 is 5.43 Å². The second kappa shape index (κ2) is 5.01. The molecule has 0 radical (unpaired) electrons. The Kier molecular flexibility index (Phi) is 3.41. The molecule has 0 aliphatic carbocycles. The number of aromatic nitrogens is 2. The highest BCUT2D eigenvalue weighted by Gasteiger charge is 2.16. The Bertz CT molecular complexity index is 718. The molecule has 6 heteroatoms. The first-order valence-electron chi connectivity index (χ1n) is 5.70. The molecule has 0 spiro atoms. The van der Waals surface area contributed by atoms with Crippen molar-refractivity contribution < 1.29 is 14.3 Å². The predicted molar refractivity (Wildman–Crippen MR) is 68.4 cm³/mol. The summed E-state index contributed by atoms with van der Waals surface area (Å²) >= 11 is 0.